The van der Waals surface area contributed by atoms with Crippen molar-refractivity contribution in [3.8, 4) is 0 Å². The van der Waals surface area contributed by atoms with Gasteiger partial charge in [-0.15, -0.1) is 0 Å². The second-order valence-electron chi connectivity index (χ2n) is 5.73. The molecule has 0 aromatic heterocycles. The molecule has 1 fully saturated rings. The SMILES string of the molecule is CNc1ccc([N+](=O)[O-])c(C(=O)NC2CCC(C)C2C)c1. The average molecular weight is 291 g/mol. The standard InChI is InChI=1S/C15H21N3O3/c1-9-4-6-13(10(9)2)17-15(19)12-8-11(16-3)5-7-14(12)18(20)21/h5,7-10,13,16H,4,6H2,1-3H3,(H,17,19). The summed E-state index contributed by atoms with van der Waals surface area (Å²) in [7, 11) is 1.71. The minimum Gasteiger partial charge on any atom is -0.388 e. The zero-order valence-electron chi connectivity index (χ0n) is 12.6. The van der Waals surface area contributed by atoms with Gasteiger partial charge in [0.05, 0.1) is 4.92 Å². The lowest BCUT2D eigenvalue weighted by Gasteiger charge is -2.19. The molecule has 114 valence electrons. The number of nitrogens with one attached hydrogen (secondary N) is 2. The van der Waals surface area contributed by atoms with E-state index in [1.165, 1.54) is 12.1 Å². The van der Waals surface area contributed by atoms with Gasteiger partial charge in [0.15, 0.2) is 0 Å². The molecule has 6 heteroatoms. The van der Waals surface area contributed by atoms with Gasteiger partial charge in [-0.3, -0.25) is 14.9 Å². The van der Waals surface area contributed by atoms with E-state index in [1.54, 1.807) is 13.1 Å². The molecule has 0 saturated heterocycles. The maximum Gasteiger partial charge on any atom is 0.282 e. The number of nitro groups is 1. The predicted molar refractivity (Wildman–Crippen MR) is 81.5 cm³/mol. The molecule has 1 aromatic rings. The molecule has 0 heterocycles. The lowest BCUT2D eigenvalue weighted by atomic mass is 9.97. The van der Waals surface area contributed by atoms with Crippen LogP contribution in [0.5, 0.6) is 0 Å². The second kappa shape index (κ2) is 6.11. The number of nitro benzene ring substituents is 1. The first-order valence-electron chi connectivity index (χ1n) is 7.21. The van der Waals surface area contributed by atoms with Crippen molar-refractivity contribution < 1.29 is 9.72 Å². The number of anilines is 1. The fourth-order valence-electron chi connectivity index (χ4n) is 2.85. The first-order chi connectivity index (χ1) is 9.93. The van der Waals surface area contributed by atoms with Crippen LogP contribution >= 0.6 is 0 Å². The van der Waals surface area contributed by atoms with Crippen LogP contribution in [-0.2, 0) is 0 Å². The number of benzene rings is 1. The van der Waals surface area contributed by atoms with Crippen LogP contribution in [0.4, 0.5) is 11.4 Å². The molecule has 1 saturated carbocycles. The molecule has 1 aromatic carbocycles. The third kappa shape index (κ3) is 3.15. The van der Waals surface area contributed by atoms with Gasteiger partial charge in [-0.2, -0.15) is 0 Å². The lowest BCUT2D eigenvalue weighted by molar-refractivity contribution is -0.385. The molecule has 1 aliphatic rings. The van der Waals surface area contributed by atoms with Crippen molar-refractivity contribution in [3.05, 3.63) is 33.9 Å². The summed E-state index contributed by atoms with van der Waals surface area (Å²) in [6.07, 6.45) is 2.00. The lowest BCUT2D eigenvalue weighted by Crippen LogP contribution is -2.37. The van der Waals surface area contributed by atoms with E-state index in [0.29, 0.717) is 17.5 Å². The summed E-state index contributed by atoms with van der Waals surface area (Å²) in [4.78, 5) is 23.0. The van der Waals surface area contributed by atoms with Gasteiger partial charge in [0.2, 0.25) is 0 Å². The van der Waals surface area contributed by atoms with Gasteiger partial charge in [0, 0.05) is 24.8 Å². The smallest absolute Gasteiger partial charge is 0.282 e. The maximum absolute atomic E-state index is 12.4. The Kier molecular flexibility index (Phi) is 4.45. The average Bonchev–Trinajstić information content (AvgIpc) is 2.78. The molecule has 0 spiro atoms. The summed E-state index contributed by atoms with van der Waals surface area (Å²) in [6.45, 7) is 4.28. The Morgan fingerprint density at radius 1 is 1.33 bits per heavy atom. The van der Waals surface area contributed by atoms with Gasteiger partial charge in [-0.1, -0.05) is 13.8 Å². The topological polar surface area (TPSA) is 84.3 Å². The number of nitrogens with zero attached hydrogens (tertiary/aromatic N) is 1. The van der Waals surface area contributed by atoms with Gasteiger partial charge < -0.3 is 10.6 Å². The van der Waals surface area contributed by atoms with E-state index < -0.39 is 4.92 Å². The molecule has 6 nitrogen and oxygen atoms in total. The zero-order valence-corrected chi connectivity index (χ0v) is 12.6. The largest absolute Gasteiger partial charge is 0.388 e. The highest BCUT2D eigenvalue weighted by Gasteiger charge is 2.32. The summed E-state index contributed by atoms with van der Waals surface area (Å²) in [5.74, 6) is 0.583. The third-order valence-electron chi connectivity index (χ3n) is 4.51. The Balaban J connectivity index is 2.23. The van der Waals surface area contributed by atoms with Crippen molar-refractivity contribution in [1.29, 1.82) is 0 Å². The normalized spacial score (nSPS) is 24.6. The van der Waals surface area contributed by atoms with Crippen LogP contribution in [-0.4, -0.2) is 23.9 Å². The number of amides is 1. The highest BCUT2D eigenvalue weighted by Crippen LogP contribution is 2.32. The Bertz CT molecular complexity index is 559. The van der Waals surface area contributed by atoms with E-state index in [4.69, 9.17) is 0 Å². The number of hydrogen-bond acceptors (Lipinski definition) is 4. The van der Waals surface area contributed by atoms with Gasteiger partial charge in [0.25, 0.3) is 11.6 Å². The van der Waals surface area contributed by atoms with Crippen LogP contribution in [0.3, 0.4) is 0 Å². The Hall–Kier alpha value is -2.11. The number of carbonyl (C=O) groups is 1. The molecule has 3 unspecified atom stereocenters. The summed E-state index contributed by atoms with van der Waals surface area (Å²) in [5.41, 5.74) is 0.627. The number of carbonyl (C=O) groups excluding carboxylic acids is 1. The van der Waals surface area contributed by atoms with E-state index in [0.717, 1.165) is 12.8 Å². The molecule has 1 amide bonds. The summed E-state index contributed by atoms with van der Waals surface area (Å²) < 4.78 is 0. The Labute approximate surface area is 124 Å². The monoisotopic (exact) mass is 291 g/mol. The van der Waals surface area contributed by atoms with Gasteiger partial charge in [-0.05, 0) is 36.8 Å². The quantitative estimate of drug-likeness (QED) is 0.660. The van der Waals surface area contributed by atoms with Gasteiger partial charge in [0.1, 0.15) is 5.56 Å². The summed E-state index contributed by atoms with van der Waals surface area (Å²) in [6, 6.07) is 4.57. The fraction of sp³-hybridized carbons (Fsp3) is 0.533. The van der Waals surface area contributed by atoms with Gasteiger partial charge in [-0.25, -0.2) is 0 Å². The van der Waals surface area contributed by atoms with Crippen LogP contribution in [0.15, 0.2) is 18.2 Å². The second-order valence-corrected chi connectivity index (χ2v) is 5.73. The molecular formula is C15H21N3O3. The molecule has 3 atom stereocenters. The van der Waals surface area contributed by atoms with Crippen molar-refractivity contribution in [2.45, 2.75) is 32.7 Å². The predicted octanol–water partition coefficient (Wildman–Crippen LogP) is 2.80. The van der Waals surface area contributed by atoms with E-state index in [1.807, 2.05) is 0 Å². The van der Waals surface area contributed by atoms with Crippen LogP contribution in [0.1, 0.15) is 37.0 Å². The number of hydrogen-bond donors (Lipinski definition) is 2. The first-order valence-corrected chi connectivity index (χ1v) is 7.21. The van der Waals surface area contributed by atoms with Crippen LogP contribution < -0.4 is 10.6 Å². The zero-order chi connectivity index (χ0) is 15.6. The van der Waals surface area contributed by atoms with E-state index in [-0.39, 0.29) is 23.2 Å². The third-order valence-corrected chi connectivity index (χ3v) is 4.51. The molecule has 21 heavy (non-hydrogen) atoms. The van der Waals surface area contributed by atoms with E-state index in [2.05, 4.69) is 24.5 Å². The van der Waals surface area contributed by atoms with Crippen LogP contribution in [0.25, 0.3) is 0 Å². The van der Waals surface area contributed by atoms with Crippen LogP contribution in [0.2, 0.25) is 0 Å². The Morgan fingerprint density at radius 2 is 2.05 bits per heavy atom. The van der Waals surface area contributed by atoms with Crippen molar-refractivity contribution in [3.63, 3.8) is 0 Å². The van der Waals surface area contributed by atoms with E-state index >= 15 is 0 Å². The molecule has 2 N–H and O–H groups in total. The molecule has 2 rings (SSSR count). The van der Waals surface area contributed by atoms with Crippen molar-refractivity contribution >= 4 is 17.3 Å². The maximum atomic E-state index is 12.4. The highest BCUT2D eigenvalue weighted by atomic mass is 16.6. The van der Waals surface area contributed by atoms with E-state index in [9.17, 15) is 14.9 Å². The highest BCUT2D eigenvalue weighted by molar-refractivity contribution is 5.99. The molecular weight excluding hydrogens is 270 g/mol. The minimum absolute atomic E-state index is 0.0883. The number of rotatable bonds is 4. The van der Waals surface area contributed by atoms with Crippen molar-refractivity contribution in [2.24, 2.45) is 11.8 Å². The van der Waals surface area contributed by atoms with Crippen molar-refractivity contribution in [2.75, 3.05) is 12.4 Å². The summed E-state index contributed by atoms with van der Waals surface area (Å²) >= 11 is 0. The van der Waals surface area contributed by atoms with Crippen molar-refractivity contribution in [1.82, 2.24) is 5.32 Å². The van der Waals surface area contributed by atoms with Gasteiger partial charge >= 0.3 is 0 Å². The molecule has 1 aliphatic carbocycles. The molecule has 0 bridgehead atoms. The molecule has 0 aliphatic heterocycles. The fourth-order valence-corrected chi connectivity index (χ4v) is 2.85. The minimum atomic E-state index is -0.519. The first kappa shape index (κ1) is 15.3. The summed E-state index contributed by atoms with van der Waals surface area (Å²) in [5, 5.41) is 16.9. The molecule has 0 radical (unpaired) electrons. The van der Waals surface area contributed by atoms with Crippen LogP contribution in [0, 0.1) is 22.0 Å². The Morgan fingerprint density at radius 3 is 2.57 bits per heavy atom.